The van der Waals surface area contributed by atoms with Crippen molar-refractivity contribution in [2.45, 2.75) is 11.8 Å². The molecule has 0 aromatic heterocycles. The van der Waals surface area contributed by atoms with E-state index in [9.17, 15) is 23.3 Å². The maximum Gasteiger partial charge on any atom is 0.283 e. The van der Waals surface area contributed by atoms with E-state index in [2.05, 4.69) is 20.3 Å². The van der Waals surface area contributed by atoms with Crippen molar-refractivity contribution in [3.05, 3.63) is 56.6 Å². The molecule has 0 aliphatic heterocycles. The molecule has 1 aromatic carbocycles. The molecule has 9 heteroatoms. The molecule has 1 aromatic rings. The van der Waals surface area contributed by atoms with E-state index < -0.39 is 14.9 Å². The zero-order valence-electron chi connectivity index (χ0n) is 11.2. The van der Waals surface area contributed by atoms with Crippen molar-refractivity contribution in [2.75, 3.05) is 0 Å². The van der Waals surface area contributed by atoms with Gasteiger partial charge in [-0.15, -0.1) is 0 Å². The van der Waals surface area contributed by atoms with Crippen LogP contribution in [0.4, 0.5) is 5.69 Å². The summed E-state index contributed by atoms with van der Waals surface area (Å²) < 4.78 is 28.2. The third kappa shape index (κ3) is 3.37. The fraction of sp³-hybridized carbons (Fsp3) is 0.0769. The lowest BCUT2D eigenvalue weighted by atomic mass is 10.1. The number of hydrogen-bond acceptors (Lipinski definition) is 5. The maximum atomic E-state index is 12.2. The number of nitro benzene ring substituents is 1. The standard InChI is InChI=1S/C13H9BrN2O5S/c1-8-5-9(6-12(14)13(8)17)15-22(20,21)11-4-2-3-10(7-11)16(18)19/h2-7H,1H3. The molecule has 1 aliphatic rings. The molecule has 0 spiro atoms. The number of nitro groups is 1. The van der Waals surface area contributed by atoms with E-state index in [1.807, 2.05) is 0 Å². The van der Waals surface area contributed by atoms with Crippen LogP contribution in [-0.4, -0.2) is 24.8 Å². The molecule has 0 atom stereocenters. The largest absolute Gasteiger partial charge is 0.288 e. The quantitative estimate of drug-likeness (QED) is 0.452. The van der Waals surface area contributed by atoms with E-state index in [4.69, 9.17) is 0 Å². The molecule has 0 N–H and O–H groups in total. The number of allylic oxidation sites excluding steroid dienone is 4. The summed E-state index contributed by atoms with van der Waals surface area (Å²) in [7, 11) is -4.12. The molecule has 0 saturated heterocycles. The second-order valence-corrected chi connectivity index (χ2v) is 6.85. The summed E-state index contributed by atoms with van der Waals surface area (Å²) >= 11 is 3.03. The average Bonchev–Trinajstić information content (AvgIpc) is 2.44. The molecule has 0 bridgehead atoms. The Morgan fingerprint density at radius 2 is 1.95 bits per heavy atom. The zero-order chi connectivity index (χ0) is 16.5. The smallest absolute Gasteiger partial charge is 0.283 e. The van der Waals surface area contributed by atoms with Crippen LogP contribution in [0.15, 0.2) is 55.8 Å². The summed E-state index contributed by atoms with van der Waals surface area (Å²) in [5, 5.41) is 10.7. The third-order valence-corrected chi connectivity index (χ3v) is 4.66. The van der Waals surface area contributed by atoms with Gasteiger partial charge in [-0.2, -0.15) is 12.8 Å². The van der Waals surface area contributed by atoms with Crippen LogP contribution in [-0.2, 0) is 14.8 Å². The first-order valence-electron chi connectivity index (χ1n) is 5.90. The van der Waals surface area contributed by atoms with Gasteiger partial charge >= 0.3 is 0 Å². The highest BCUT2D eigenvalue weighted by molar-refractivity contribution is 9.12. The number of carbonyl (C=O) groups excluding carboxylic acids is 1. The minimum atomic E-state index is -4.12. The van der Waals surface area contributed by atoms with Gasteiger partial charge in [0.2, 0.25) is 0 Å². The van der Waals surface area contributed by atoms with E-state index in [-0.39, 0.29) is 26.6 Å². The highest BCUT2D eigenvalue weighted by Crippen LogP contribution is 2.22. The fourth-order valence-electron chi connectivity index (χ4n) is 1.71. The summed E-state index contributed by atoms with van der Waals surface area (Å²) in [5.41, 5.74) is 0.0568. The number of Topliss-reactive ketones (excluding diaryl/α,β-unsaturated/α-hetero) is 1. The molecule has 7 nitrogen and oxygen atoms in total. The van der Waals surface area contributed by atoms with Crippen molar-refractivity contribution in [1.82, 2.24) is 0 Å². The van der Waals surface area contributed by atoms with Crippen LogP contribution >= 0.6 is 15.9 Å². The average molecular weight is 385 g/mol. The first kappa shape index (κ1) is 16.2. The van der Waals surface area contributed by atoms with Gasteiger partial charge in [0, 0.05) is 12.1 Å². The third-order valence-electron chi connectivity index (χ3n) is 2.77. The molecule has 114 valence electrons. The first-order valence-corrected chi connectivity index (χ1v) is 8.13. The molecule has 0 saturated carbocycles. The van der Waals surface area contributed by atoms with E-state index in [1.54, 1.807) is 0 Å². The lowest BCUT2D eigenvalue weighted by molar-refractivity contribution is -0.385. The number of nitrogens with zero attached hydrogens (tertiary/aromatic N) is 2. The van der Waals surface area contributed by atoms with Crippen LogP contribution in [0.1, 0.15) is 6.92 Å². The monoisotopic (exact) mass is 384 g/mol. The Bertz CT molecular complexity index is 844. The number of halogens is 1. The van der Waals surface area contributed by atoms with Crippen LogP contribution in [0.2, 0.25) is 0 Å². The summed E-state index contributed by atoms with van der Waals surface area (Å²) in [4.78, 5) is 21.3. The predicted molar refractivity (Wildman–Crippen MR) is 83.5 cm³/mol. The number of benzene rings is 1. The Hall–Kier alpha value is -2.13. The molecule has 0 unspecified atom stereocenters. The van der Waals surface area contributed by atoms with E-state index in [1.165, 1.54) is 37.3 Å². The molecule has 0 fully saturated rings. The van der Waals surface area contributed by atoms with Gasteiger partial charge in [0.05, 0.1) is 20.0 Å². The molecule has 0 heterocycles. The van der Waals surface area contributed by atoms with Crippen molar-refractivity contribution in [3.63, 3.8) is 0 Å². The Kier molecular flexibility index (Phi) is 4.38. The molecule has 0 radical (unpaired) electrons. The van der Waals surface area contributed by atoms with Gasteiger partial charge in [0.25, 0.3) is 15.7 Å². The number of carbonyl (C=O) groups is 1. The second kappa shape index (κ2) is 5.93. The van der Waals surface area contributed by atoms with Gasteiger partial charge in [-0.3, -0.25) is 14.9 Å². The number of hydrogen-bond donors (Lipinski definition) is 0. The number of sulfonamides is 1. The van der Waals surface area contributed by atoms with Crippen molar-refractivity contribution in [1.29, 1.82) is 0 Å². The van der Waals surface area contributed by atoms with Gasteiger partial charge in [0.15, 0.2) is 5.78 Å². The van der Waals surface area contributed by atoms with Gasteiger partial charge in [-0.05, 0) is 46.6 Å². The summed E-state index contributed by atoms with van der Waals surface area (Å²) in [6, 6.07) is 4.60. The Balaban J connectivity index is 2.48. The van der Waals surface area contributed by atoms with Crippen LogP contribution in [0.3, 0.4) is 0 Å². The summed E-state index contributed by atoms with van der Waals surface area (Å²) in [5.74, 6) is -0.258. The van der Waals surface area contributed by atoms with Crippen LogP contribution < -0.4 is 0 Å². The van der Waals surface area contributed by atoms with E-state index >= 15 is 0 Å². The Labute approximate surface area is 134 Å². The van der Waals surface area contributed by atoms with Crippen molar-refractivity contribution < 1.29 is 18.1 Å². The second-order valence-electron chi connectivity index (χ2n) is 4.39. The molecule has 1 aliphatic carbocycles. The maximum absolute atomic E-state index is 12.2. The highest BCUT2D eigenvalue weighted by Gasteiger charge is 2.20. The van der Waals surface area contributed by atoms with Crippen LogP contribution in [0.5, 0.6) is 0 Å². The van der Waals surface area contributed by atoms with Crippen molar-refractivity contribution in [3.8, 4) is 0 Å². The minimum Gasteiger partial charge on any atom is -0.288 e. The van der Waals surface area contributed by atoms with Gasteiger partial charge < -0.3 is 0 Å². The molecule has 22 heavy (non-hydrogen) atoms. The molecule has 0 amide bonds. The van der Waals surface area contributed by atoms with E-state index in [0.717, 1.165) is 6.07 Å². The number of ketones is 1. The van der Waals surface area contributed by atoms with E-state index in [0.29, 0.717) is 5.57 Å². The summed E-state index contributed by atoms with van der Waals surface area (Å²) in [6.45, 7) is 1.53. The Morgan fingerprint density at radius 3 is 2.55 bits per heavy atom. The fourth-order valence-corrected chi connectivity index (χ4v) is 3.27. The van der Waals surface area contributed by atoms with Crippen LogP contribution in [0.25, 0.3) is 0 Å². The zero-order valence-corrected chi connectivity index (χ0v) is 13.6. The first-order chi connectivity index (χ1) is 10.2. The lowest BCUT2D eigenvalue weighted by Crippen LogP contribution is -2.11. The topological polar surface area (TPSA) is 107 Å². The van der Waals surface area contributed by atoms with Crippen molar-refractivity contribution >= 4 is 43.1 Å². The number of non-ortho nitro benzene ring substituents is 1. The van der Waals surface area contributed by atoms with Crippen LogP contribution in [0, 0.1) is 10.1 Å². The normalized spacial score (nSPS) is 17.2. The highest BCUT2D eigenvalue weighted by atomic mass is 79.9. The Morgan fingerprint density at radius 1 is 1.27 bits per heavy atom. The van der Waals surface area contributed by atoms with Gasteiger partial charge in [-0.1, -0.05) is 6.07 Å². The van der Waals surface area contributed by atoms with Crippen molar-refractivity contribution in [2.24, 2.45) is 4.40 Å². The molecular formula is C13H9BrN2O5S. The van der Waals surface area contributed by atoms with Gasteiger partial charge in [0.1, 0.15) is 0 Å². The molecular weight excluding hydrogens is 376 g/mol. The number of rotatable bonds is 3. The van der Waals surface area contributed by atoms with Gasteiger partial charge in [-0.25, -0.2) is 0 Å². The molecule has 2 rings (SSSR count). The summed E-state index contributed by atoms with van der Waals surface area (Å²) in [6.07, 6.45) is 2.62. The lowest BCUT2D eigenvalue weighted by Gasteiger charge is -2.07. The SMILES string of the molecule is CC1=CC(=NS(=O)(=O)c2cccc([N+](=O)[O-])c2)C=C(Br)C1=O. The predicted octanol–water partition coefficient (Wildman–Crippen LogP) is 2.53. The minimum absolute atomic E-state index is 0.0653.